The minimum absolute atomic E-state index is 0.202. The number of fused-ring (bicyclic) bond motifs is 1. The van der Waals surface area contributed by atoms with Gasteiger partial charge in [-0.05, 0) is 31.9 Å². The predicted molar refractivity (Wildman–Crippen MR) is 118 cm³/mol. The summed E-state index contributed by atoms with van der Waals surface area (Å²) in [7, 11) is 1.57. The standard InChI is InChI=1S/C23H22F3N7O/c1-14-12-31(13-27-14)19-6-4-15(28-22(19)34-2)5-7-20-29-23-32(8-3-9-33(23)30-20)16-10-17(24)21(26)18(25)11-16/h4,6,10-13H,3,5,7-9H2,1-2H3. The van der Waals surface area contributed by atoms with Gasteiger partial charge in [-0.25, -0.2) is 27.8 Å². The number of aryl methyl sites for hydroxylation is 4. The minimum atomic E-state index is -1.49. The largest absolute Gasteiger partial charge is 0.479 e. The van der Waals surface area contributed by atoms with Gasteiger partial charge in [0, 0.05) is 49.2 Å². The highest BCUT2D eigenvalue weighted by Crippen LogP contribution is 2.30. The predicted octanol–water partition coefficient (Wildman–Crippen LogP) is 3.92. The molecule has 1 aliphatic heterocycles. The molecule has 3 aromatic heterocycles. The lowest BCUT2D eigenvalue weighted by Crippen LogP contribution is -2.29. The van der Waals surface area contributed by atoms with Crippen LogP contribution in [0.4, 0.5) is 24.8 Å². The molecule has 0 fully saturated rings. The van der Waals surface area contributed by atoms with Crippen molar-refractivity contribution in [3.05, 3.63) is 71.5 Å². The van der Waals surface area contributed by atoms with E-state index in [4.69, 9.17) is 4.74 Å². The molecular formula is C23H22F3N7O. The normalized spacial score (nSPS) is 13.3. The molecule has 1 aromatic carbocycles. The van der Waals surface area contributed by atoms with Crippen molar-refractivity contribution in [3.63, 3.8) is 0 Å². The molecule has 176 valence electrons. The van der Waals surface area contributed by atoms with Crippen molar-refractivity contribution in [2.24, 2.45) is 0 Å². The molecule has 4 aromatic rings. The third-order valence-corrected chi connectivity index (χ3v) is 5.66. The average Bonchev–Trinajstić information content (AvgIpc) is 3.46. The lowest BCUT2D eigenvalue weighted by Gasteiger charge is -2.27. The molecule has 0 bridgehead atoms. The first-order valence-corrected chi connectivity index (χ1v) is 10.8. The number of hydrogen-bond acceptors (Lipinski definition) is 6. The fraction of sp³-hybridized carbons (Fsp3) is 0.304. The van der Waals surface area contributed by atoms with Crippen LogP contribution in [0, 0.1) is 24.4 Å². The van der Waals surface area contributed by atoms with Gasteiger partial charge in [-0.15, -0.1) is 0 Å². The summed E-state index contributed by atoms with van der Waals surface area (Å²) in [5.74, 6) is -2.41. The summed E-state index contributed by atoms with van der Waals surface area (Å²) in [6.07, 6.45) is 5.40. The van der Waals surface area contributed by atoms with Crippen LogP contribution >= 0.6 is 0 Å². The summed E-state index contributed by atoms with van der Waals surface area (Å²) in [5.41, 5.74) is 2.69. The zero-order valence-electron chi connectivity index (χ0n) is 18.7. The van der Waals surface area contributed by atoms with Crippen molar-refractivity contribution in [2.75, 3.05) is 18.6 Å². The van der Waals surface area contributed by atoms with E-state index in [-0.39, 0.29) is 5.69 Å². The number of rotatable bonds is 6. The Morgan fingerprint density at radius 2 is 1.82 bits per heavy atom. The molecule has 0 N–H and O–H groups in total. The van der Waals surface area contributed by atoms with Crippen LogP contribution in [0.2, 0.25) is 0 Å². The van der Waals surface area contributed by atoms with Crippen LogP contribution in [-0.4, -0.2) is 43.0 Å². The second kappa shape index (κ2) is 8.81. The van der Waals surface area contributed by atoms with Crippen molar-refractivity contribution >= 4 is 11.6 Å². The molecule has 0 saturated carbocycles. The van der Waals surface area contributed by atoms with E-state index in [1.54, 1.807) is 23.0 Å². The first-order valence-electron chi connectivity index (χ1n) is 10.8. The Hall–Kier alpha value is -3.89. The molecule has 4 heterocycles. The van der Waals surface area contributed by atoms with Gasteiger partial charge < -0.3 is 14.2 Å². The average molecular weight is 469 g/mol. The zero-order valence-corrected chi connectivity index (χ0v) is 18.7. The van der Waals surface area contributed by atoms with Crippen molar-refractivity contribution in [1.82, 2.24) is 29.3 Å². The number of ether oxygens (including phenoxy) is 1. The maximum atomic E-state index is 13.8. The number of benzene rings is 1. The van der Waals surface area contributed by atoms with E-state index in [1.807, 2.05) is 29.8 Å². The Bertz CT molecular complexity index is 1330. The highest BCUT2D eigenvalue weighted by atomic mass is 19.2. The third-order valence-electron chi connectivity index (χ3n) is 5.66. The Kier molecular flexibility index (Phi) is 5.68. The van der Waals surface area contributed by atoms with E-state index < -0.39 is 17.5 Å². The van der Waals surface area contributed by atoms with Crippen molar-refractivity contribution in [2.45, 2.75) is 32.7 Å². The van der Waals surface area contributed by atoms with Crippen molar-refractivity contribution in [1.29, 1.82) is 0 Å². The molecular weight excluding hydrogens is 447 g/mol. The molecule has 1 aliphatic rings. The van der Waals surface area contributed by atoms with Crippen LogP contribution in [0.1, 0.15) is 23.6 Å². The highest BCUT2D eigenvalue weighted by Gasteiger charge is 2.24. The van der Waals surface area contributed by atoms with Gasteiger partial charge in [-0.3, -0.25) is 0 Å². The van der Waals surface area contributed by atoms with E-state index in [0.29, 0.717) is 50.0 Å². The van der Waals surface area contributed by atoms with Gasteiger partial charge >= 0.3 is 0 Å². The summed E-state index contributed by atoms with van der Waals surface area (Å²) in [5, 5.41) is 4.55. The summed E-state index contributed by atoms with van der Waals surface area (Å²) in [6, 6.07) is 5.79. The molecule has 8 nitrogen and oxygen atoms in total. The second-order valence-electron chi connectivity index (χ2n) is 8.03. The molecule has 0 unspecified atom stereocenters. The molecule has 34 heavy (non-hydrogen) atoms. The summed E-state index contributed by atoms with van der Waals surface area (Å²) >= 11 is 0. The first-order chi connectivity index (χ1) is 16.4. The SMILES string of the molecule is COc1nc(CCc2nc3n(n2)CCCN3c2cc(F)c(F)c(F)c2)ccc1-n1cnc(C)c1. The smallest absolute Gasteiger partial charge is 0.238 e. The Morgan fingerprint density at radius 1 is 1.03 bits per heavy atom. The topological polar surface area (TPSA) is 73.9 Å². The lowest BCUT2D eigenvalue weighted by molar-refractivity contribution is 0.394. The summed E-state index contributed by atoms with van der Waals surface area (Å²) < 4.78 is 50.0. The fourth-order valence-electron chi connectivity index (χ4n) is 4.01. The Balaban J connectivity index is 1.35. The number of pyridine rings is 1. The number of imidazole rings is 1. The van der Waals surface area contributed by atoms with Crippen LogP contribution in [0.3, 0.4) is 0 Å². The molecule has 0 aliphatic carbocycles. The lowest BCUT2D eigenvalue weighted by atomic mass is 10.2. The van der Waals surface area contributed by atoms with E-state index in [1.165, 1.54) is 0 Å². The maximum Gasteiger partial charge on any atom is 0.238 e. The van der Waals surface area contributed by atoms with Gasteiger partial charge in [-0.2, -0.15) is 10.1 Å². The summed E-state index contributed by atoms with van der Waals surface area (Å²) in [6.45, 7) is 3.04. The van der Waals surface area contributed by atoms with Gasteiger partial charge in [-0.1, -0.05) is 0 Å². The van der Waals surface area contributed by atoms with Crippen LogP contribution in [-0.2, 0) is 19.4 Å². The Morgan fingerprint density at radius 3 is 2.53 bits per heavy atom. The molecule has 0 spiro atoms. The molecule has 5 rings (SSSR count). The molecule has 0 radical (unpaired) electrons. The molecule has 0 atom stereocenters. The number of halogens is 3. The van der Waals surface area contributed by atoms with Crippen LogP contribution in [0.25, 0.3) is 5.69 Å². The number of aromatic nitrogens is 6. The van der Waals surface area contributed by atoms with Crippen LogP contribution < -0.4 is 9.64 Å². The number of anilines is 2. The van der Waals surface area contributed by atoms with Crippen molar-refractivity contribution in [3.8, 4) is 11.6 Å². The monoisotopic (exact) mass is 469 g/mol. The van der Waals surface area contributed by atoms with Crippen LogP contribution in [0.15, 0.2) is 36.8 Å². The van der Waals surface area contributed by atoms with Gasteiger partial charge in [0.05, 0.1) is 19.1 Å². The summed E-state index contributed by atoms with van der Waals surface area (Å²) in [4.78, 5) is 15.1. The minimum Gasteiger partial charge on any atom is -0.479 e. The molecule has 11 heteroatoms. The second-order valence-corrected chi connectivity index (χ2v) is 8.03. The van der Waals surface area contributed by atoms with Crippen molar-refractivity contribution < 1.29 is 17.9 Å². The molecule has 0 amide bonds. The maximum absolute atomic E-state index is 13.8. The zero-order chi connectivity index (χ0) is 23.8. The third kappa shape index (κ3) is 4.09. The van der Waals surface area contributed by atoms with E-state index in [9.17, 15) is 13.2 Å². The van der Waals surface area contributed by atoms with Crippen LogP contribution in [0.5, 0.6) is 5.88 Å². The highest BCUT2D eigenvalue weighted by molar-refractivity contribution is 5.58. The number of hydrogen-bond donors (Lipinski definition) is 0. The van der Waals surface area contributed by atoms with E-state index >= 15 is 0 Å². The van der Waals surface area contributed by atoms with E-state index in [2.05, 4.69) is 20.1 Å². The Labute approximate surface area is 193 Å². The number of nitrogens with zero attached hydrogens (tertiary/aromatic N) is 7. The number of methoxy groups -OCH3 is 1. The van der Waals surface area contributed by atoms with Gasteiger partial charge in [0.15, 0.2) is 23.3 Å². The van der Waals surface area contributed by atoms with Gasteiger partial charge in [0.2, 0.25) is 11.8 Å². The first kappa shape index (κ1) is 21.9. The quantitative estimate of drug-likeness (QED) is 0.399. The fourth-order valence-corrected chi connectivity index (χ4v) is 4.01. The van der Waals surface area contributed by atoms with Gasteiger partial charge in [0.25, 0.3) is 0 Å². The molecule has 0 saturated heterocycles. The van der Waals surface area contributed by atoms with E-state index in [0.717, 1.165) is 29.2 Å². The van der Waals surface area contributed by atoms with Gasteiger partial charge in [0.1, 0.15) is 5.69 Å².